The van der Waals surface area contributed by atoms with Crippen molar-refractivity contribution in [3.8, 4) is 5.75 Å². The first-order valence-electron chi connectivity index (χ1n) is 5.11. The van der Waals surface area contributed by atoms with Crippen LogP contribution in [0.3, 0.4) is 0 Å². The van der Waals surface area contributed by atoms with Gasteiger partial charge < -0.3 is 10.8 Å². The van der Waals surface area contributed by atoms with Gasteiger partial charge in [0.25, 0.3) is 0 Å². The van der Waals surface area contributed by atoms with Crippen LogP contribution in [0.5, 0.6) is 5.75 Å². The Morgan fingerprint density at radius 1 is 1.45 bits per heavy atom. The fourth-order valence-electron chi connectivity index (χ4n) is 1.50. The molecule has 0 fully saturated rings. The zero-order valence-electron chi connectivity index (χ0n) is 9.85. The summed E-state index contributed by atoms with van der Waals surface area (Å²) in [5.41, 5.74) is 4.84. The van der Waals surface area contributed by atoms with Crippen LogP contribution in [0.4, 0.5) is 18.9 Å². The Kier molecular flexibility index (Phi) is 6.72. The van der Waals surface area contributed by atoms with Crippen LogP contribution in [-0.4, -0.2) is 16.2 Å². The number of hydrogen-bond acceptors (Lipinski definition) is 4. The van der Waals surface area contributed by atoms with Gasteiger partial charge in [-0.15, -0.1) is 12.4 Å². The number of phenolic OH excluding ortho intramolecular Hbond substituents is 1. The standard InChI is InChI=1S/C10H10BrF3N2O3.ClH/c11-5-3-6(7(15)1-2-10(12,13)14)9(17)8(4-5)16(18)19;/h3-4,7,17H,1-2,15H2;1H/t7-;/m1./s1. The number of nitro benzene ring substituents is 1. The minimum atomic E-state index is -4.37. The summed E-state index contributed by atoms with van der Waals surface area (Å²) in [6, 6.07) is 1.18. The van der Waals surface area contributed by atoms with Gasteiger partial charge in [-0.3, -0.25) is 10.1 Å². The second kappa shape index (κ2) is 7.09. The molecular weight excluding hydrogens is 368 g/mol. The number of benzene rings is 1. The molecule has 5 nitrogen and oxygen atoms in total. The van der Waals surface area contributed by atoms with E-state index in [0.29, 0.717) is 0 Å². The van der Waals surface area contributed by atoms with Gasteiger partial charge in [0.15, 0.2) is 5.75 Å². The van der Waals surface area contributed by atoms with Crippen molar-refractivity contribution >= 4 is 34.0 Å². The summed E-state index contributed by atoms with van der Waals surface area (Å²) in [7, 11) is 0. The van der Waals surface area contributed by atoms with E-state index in [1.807, 2.05) is 0 Å². The maximum atomic E-state index is 12.1. The highest BCUT2D eigenvalue weighted by Gasteiger charge is 2.29. The minimum absolute atomic E-state index is 0. The number of halogens is 5. The van der Waals surface area contributed by atoms with E-state index in [0.717, 1.165) is 6.07 Å². The van der Waals surface area contributed by atoms with Crippen molar-refractivity contribution in [3.63, 3.8) is 0 Å². The van der Waals surface area contributed by atoms with E-state index < -0.39 is 41.4 Å². The number of aromatic hydroxyl groups is 1. The molecule has 10 heteroatoms. The van der Waals surface area contributed by atoms with Gasteiger partial charge in [0.1, 0.15) is 0 Å². The third-order valence-corrected chi connectivity index (χ3v) is 2.88. The average Bonchev–Trinajstić information content (AvgIpc) is 2.27. The molecule has 0 amide bonds. The molecule has 0 aliphatic heterocycles. The molecule has 20 heavy (non-hydrogen) atoms. The van der Waals surface area contributed by atoms with Gasteiger partial charge in [0.05, 0.1) is 4.92 Å². The Balaban J connectivity index is 0.00000361. The second-order valence-corrected chi connectivity index (χ2v) is 4.80. The lowest BCUT2D eigenvalue weighted by Crippen LogP contribution is -2.16. The van der Waals surface area contributed by atoms with Crippen molar-refractivity contribution in [2.75, 3.05) is 0 Å². The molecule has 0 aliphatic carbocycles. The monoisotopic (exact) mass is 378 g/mol. The fourth-order valence-corrected chi connectivity index (χ4v) is 1.97. The van der Waals surface area contributed by atoms with Gasteiger partial charge in [-0.2, -0.15) is 13.2 Å². The van der Waals surface area contributed by atoms with Crippen molar-refractivity contribution < 1.29 is 23.2 Å². The Hall–Kier alpha value is -1.06. The quantitative estimate of drug-likeness (QED) is 0.614. The molecule has 3 N–H and O–H groups in total. The lowest BCUT2D eigenvalue weighted by molar-refractivity contribution is -0.386. The van der Waals surface area contributed by atoms with Crippen LogP contribution in [0, 0.1) is 10.1 Å². The van der Waals surface area contributed by atoms with E-state index in [4.69, 9.17) is 5.73 Å². The van der Waals surface area contributed by atoms with E-state index in [-0.39, 0.29) is 22.4 Å². The van der Waals surface area contributed by atoms with Gasteiger partial charge in [-0.05, 0) is 12.5 Å². The maximum absolute atomic E-state index is 12.1. The van der Waals surface area contributed by atoms with Crippen LogP contribution < -0.4 is 5.73 Å². The van der Waals surface area contributed by atoms with Crippen LogP contribution >= 0.6 is 28.3 Å². The largest absolute Gasteiger partial charge is 0.502 e. The van der Waals surface area contributed by atoms with Gasteiger partial charge in [0, 0.05) is 28.6 Å². The van der Waals surface area contributed by atoms with E-state index >= 15 is 0 Å². The summed E-state index contributed by atoms with van der Waals surface area (Å²) in [5, 5.41) is 20.3. The molecule has 1 aromatic carbocycles. The van der Waals surface area contributed by atoms with E-state index in [1.54, 1.807) is 0 Å². The molecule has 0 aliphatic rings. The zero-order valence-corrected chi connectivity index (χ0v) is 12.3. The first-order chi connectivity index (χ1) is 8.61. The molecule has 114 valence electrons. The average molecular weight is 380 g/mol. The van der Waals surface area contributed by atoms with E-state index in [1.165, 1.54) is 6.07 Å². The molecule has 0 unspecified atom stereocenters. The van der Waals surface area contributed by atoms with E-state index in [2.05, 4.69) is 15.9 Å². The smallest absolute Gasteiger partial charge is 0.389 e. The molecule has 0 saturated heterocycles. The van der Waals surface area contributed by atoms with Gasteiger partial charge in [-0.1, -0.05) is 15.9 Å². The van der Waals surface area contributed by atoms with E-state index in [9.17, 15) is 28.4 Å². The number of rotatable bonds is 4. The van der Waals surface area contributed by atoms with Crippen LogP contribution in [0.15, 0.2) is 16.6 Å². The summed E-state index contributed by atoms with van der Waals surface area (Å²) in [6.45, 7) is 0. The highest BCUT2D eigenvalue weighted by atomic mass is 79.9. The van der Waals surface area contributed by atoms with Crippen molar-refractivity contribution in [2.24, 2.45) is 5.73 Å². The van der Waals surface area contributed by atoms with Gasteiger partial charge >= 0.3 is 11.9 Å². The zero-order chi connectivity index (χ0) is 14.8. The molecule has 0 heterocycles. The maximum Gasteiger partial charge on any atom is 0.389 e. The lowest BCUT2D eigenvalue weighted by Gasteiger charge is -2.15. The van der Waals surface area contributed by atoms with Gasteiger partial charge in [0.2, 0.25) is 0 Å². The summed E-state index contributed by atoms with van der Waals surface area (Å²) >= 11 is 2.98. The van der Waals surface area contributed by atoms with Crippen LogP contribution in [0.2, 0.25) is 0 Å². The minimum Gasteiger partial charge on any atom is -0.502 e. The number of hydrogen-bond donors (Lipinski definition) is 2. The molecule has 1 rings (SSSR count). The SMILES string of the molecule is Cl.N[C@H](CCC(F)(F)F)c1cc(Br)cc([N+](=O)[O-])c1O. The summed E-state index contributed by atoms with van der Waals surface area (Å²) < 4.78 is 36.5. The fraction of sp³-hybridized carbons (Fsp3) is 0.400. The Morgan fingerprint density at radius 2 is 2.00 bits per heavy atom. The molecule has 0 radical (unpaired) electrons. The Bertz CT molecular complexity index is 499. The highest BCUT2D eigenvalue weighted by Crippen LogP contribution is 2.38. The second-order valence-electron chi connectivity index (χ2n) is 3.88. The third-order valence-electron chi connectivity index (χ3n) is 2.42. The van der Waals surface area contributed by atoms with Crippen LogP contribution in [0.25, 0.3) is 0 Å². The molecule has 0 spiro atoms. The Morgan fingerprint density at radius 3 is 2.45 bits per heavy atom. The molecule has 0 saturated carbocycles. The summed E-state index contributed by atoms with van der Waals surface area (Å²) in [5.74, 6) is -0.706. The van der Waals surface area contributed by atoms with Crippen molar-refractivity contribution in [1.82, 2.24) is 0 Å². The topological polar surface area (TPSA) is 89.4 Å². The highest BCUT2D eigenvalue weighted by molar-refractivity contribution is 9.10. The normalized spacial score (nSPS) is 12.7. The van der Waals surface area contributed by atoms with Crippen LogP contribution in [-0.2, 0) is 0 Å². The molecule has 1 aromatic rings. The number of phenols is 1. The van der Waals surface area contributed by atoms with Crippen molar-refractivity contribution in [1.29, 1.82) is 0 Å². The molecule has 0 aromatic heterocycles. The van der Waals surface area contributed by atoms with Crippen molar-refractivity contribution in [3.05, 3.63) is 32.3 Å². The first-order valence-corrected chi connectivity index (χ1v) is 5.90. The molecule has 0 bridgehead atoms. The predicted molar refractivity (Wildman–Crippen MR) is 71.9 cm³/mol. The van der Waals surface area contributed by atoms with Gasteiger partial charge in [-0.25, -0.2) is 0 Å². The number of nitrogens with two attached hydrogens (primary N) is 1. The summed E-state index contributed by atoms with van der Waals surface area (Å²) in [6.07, 6.45) is -5.97. The first kappa shape index (κ1) is 18.9. The third kappa shape index (κ3) is 5.14. The number of nitro groups is 1. The van der Waals surface area contributed by atoms with Crippen molar-refractivity contribution in [2.45, 2.75) is 25.1 Å². The number of alkyl halides is 3. The number of nitrogens with zero attached hydrogens (tertiary/aromatic N) is 1. The van der Waals surface area contributed by atoms with Crippen LogP contribution in [0.1, 0.15) is 24.4 Å². The predicted octanol–water partition coefficient (Wildman–Crippen LogP) is 3.83. The lowest BCUT2D eigenvalue weighted by atomic mass is 10.0. The summed E-state index contributed by atoms with van der Waals surface area (Å²) in [4.78, 5) is 9.84. The molecular formula is C10H11BrClF3N2O3. The molecule has 1 atom stereocenters. The Labute approximate surface area is 126 Å².